The molecule has 0 saturated heterocycles. The highest BCUT2D eigenvalue weighted by Gasteiger charge is 2.11. The number of hydrogen-bond acceptors (Lipinski definition) is 4. The number of thioether (sulfide) groups is 1. The Kier molecular flexibility index (Phi) is 2.67. The van der Waals surface area contributed by atoms with Crippen molar-refractivity contribution < 1.29 is 9.90 Å². The third kappa shape index (κ3) is 1.86. The Morgan fingerprint density at radius 3 is 2.54 bits per heavy atom. The van der Waals surface area contributed by atoms with Crippen LogP contribution in [0.4, 0.5) is 11.4 Å². The normalized spacial score (nSPS) is 9.92. The van der Waals surface area contributed by atoms with Crippen LogP contribution in [0, 0.1) is 0 Å². The van der Waals surface area contributed by atoms with Gasteiger partial charge >= 0.3 is 5.97 Å². The molecule has 1 rings (SSSR count). The predicted octanol–water partition coefficient (Wildman–Crippen LogP) is 1.27. The topological polar surface area (TPSA) is 89.3 Å². The standard InChI is InChI=1S/C8H10N2O2S/c1-13-4-2-5(8(11)12)7(10)6(9)3-4/h2-3H,9-10H2,1H3,(H,11,12). The smallest absolute Gasteiger partial charge is 0.337 e. The van der Waals surface area contributed by atoms with E-state index < -0.39 is 5.97 Å². The van der Waals surface area contributed by atoms with E-state index >= 15 is 0 Å². The van der Waals surface area contributed by atoms with E-state index in [0.717, 1.165) is 4.90 Å². The second kappa shape index (κ2) is 3.57. The van der Waals surface area contributed by atoms with Gasteiger partial charge in [-0.25, -0.2) is 4.79 Å². The van der Waals surface area contributed by atoms with Crippen molar-refractivity contribution in [3.8, 4) is 0 Å². The molecule has 0 amide bonds. The number of hydrogen-bond donors (Lipinski definition) is 3. The van der Waals surface area contributed by atoms with Crippen LogP contribution in [0.15, 0.2) is 17.0 Å². The van der Waals surface area contributed by atoms with E-state index in [1.165, 1.54) is 17.8 Å². The number of anilines is 2. The molecule has 0 aliphatic carbocycles. The monoisotopic (exact) mass is 198 g/mol. The fourth-order valence-electron chi connectivity index (χ4n) is 0.943. The fraction of sp³-hybridized carbons (Fsp3) is 0.125. The van der Waals surface area contributed by atoms with Crippen molar-refractivity contribution >= 4 is 29.1 Å². The van der Waals surface area contributed by atoms with Crippen molar-refractivity contribution in [2.45, 2.75) is 4.90 Å². The third-order valence-corrected chi connectivity index (χ3v) is 2.36. The van der Waals surface area contributed by atoms with E-state index in [1.54, 1.807) is 6.07 Å². The van der Waals surface area contributed by atoms with Crippen molar-refractivity contribution in [2.75, 3.05) is 17.7 Å². The molecule has 0 aliphatic rings. The Balaban J connectivity index is 3.33. The third-order valence-electron chi connectivity index (χ3n) is 1.65. The summed E-state index contributed by atoms with van der Waals surface area (Å²) in [5.41, 5.74) is 11.5. The summed E-state index contributed by atoms with van der Waals surface area (Å²) in [4.78, 5) is 11.5. The number of carboxylic acids is 1. The largest absolute Gasteiger partial charge is 0.478 e. The van der Waals surface area contributed by atoms with E-state index in [9.17, 15) is 4.79 Å². The second-order valence-electron chi connectivity index (χ2n) is 2.48. The first-order chi connectivity index (χ1) is 6.06. The van der Waals surface area contributed by atoms with E-state index in [1.807, 2.05) is 6.26 Å². The minimum atomic E-state index is -1.06. The molecule has 0 atom stereocenters. The van der Waals surface area contributed by atoms with Crippen LogP contribution in [0.5, 0.6) is 0 Å². The van der Waals surface area contributed by atoms with Gasteiger partial charge in [0.15, 0.2) is 0 Å². The second-order valence-corrected chi connectivity index (χ2v) is 3.36. The molecule has 0 saturated carbocycles. The minimum absolute atomic E-state index is 0.0596. The first-order valence-corrected chi connectivity index (χ1v) is 4.75. The van der Waals surface area contributed by atoms with Crippen LogP contribution in [0.1, 0.15) is 10.4 Å². The predicted molar refractivity (Wildman–Crippen MR) is 54.0 cm³/mol. The van der Waals surface area contributed by atoms with E-state index in [4.69, 9.17) is 16.6 Å². The van der Waals surface area contributed by atoms with Crippen LogP contribution < -0.4 is 11.5 Å². The van der Waals surface area contributed by atoms with Crippen LogP contribution in [0.2, 0.25) is 0 Å². The maximum atomic E-state index is 10.7. The van der Waals surface area contributed by atoms with Gasteiger partial charge in [-0.05, 0) is 18.4 Å². The van der Waals surface area contributed by atoms with Crippen LogP contribution in [0.3, 0.4) is 0 Å². The Hall–Kier alpha value is -1.36. The molecule has 0 aliphatic heterocycles. The Morgan fingerprint density at radius 1 is 1.46 bits per heavy atom. The molecule has 1 aromatic rings. The highest BCUT2D eigenvalue weighted by atomic mass is 32.2. The lowest BCUT2D eigenvalue weighted by atomic mass is 10.1. The Morgan fingerprint density at radius 2 is 2.08 bits per heavy atom. The number of nitrogen functional groups attached to an aromatic ring is 2. The SMILES string of the molecule is CSc1cc(N)c(N)c(C(=O)O)c1. The van der Waals surface area contributed by atoms with Crippen LogP contribution in [-0.2, 0) is 0 Å². The summed E-state index contributed by atoms with van der Waals surface area (Å²) < 4.78 is 0. The summed E-state index contributed by atoms with van der Waals surface area (Å²) in [6, 6.07) is 3.17. The maximum absolute atomic E-state index is 10.7. The van der Waals surface area contributed by atoms with Gasteiger partial charge in [-0.2, -0.15) is 0 Å². The molecule has 0 fully saturated rings. The van der Waals surface area contributed by atoms with E-state index in [-0.39, 0.29) is 11.3 Å². The lowest BCUT2D eigenvalue weighted by Gasteiger charge is -2.06. The van der Waals surface area contributed by atoms with Gasteiger partial charge in [-0.3, -0.25) is 0 Å². The highest BCUT2D eigenvalue weighted by Crippen LogP contribution is 2.27. The molecular weight excluding hydrogens is 188 g/mol. The number of benzene rings is 1. The lowest BCUT2D eigenvalue weighted by Crippen LogP contribution is -2.05. The van der Waals surface area contributed by atoms with Crippen LogP contribution in [0.25, 0.3) is 0 Å². The number of carbonyl (C=O) groups is 1. The van der Waals surface area contributed by atoms with Crippen molar-refractivity contribution in [3.63, 3.8) is 0 Å². The van der Waals surface area contributed by atoms with Gasteiger partial charge in [-0.1, -0.05) is 0 Å². The van der Waals surface area contributed by atoms with Crippen LogP contribution >= 0.6 is 11.8 Å². The number of nitrogens with two attached hydrogens (primary N) is 2. The van der Waals surface area contributed by atoms with Crippen molar-refractivity contribution in [1.82, 2.24) is 0 Å². The number of carboxylic acid groups (broad SMARTS) is 1. The molecule has 4 nitrogen and oxygen atoms in total. The Bertz CT molecular complexity index is 352. The molecular formula is C8H10N2O2S. The summed E-state index contributed by atoms with van der Waals surface area (Å²) >= 11 is 1.42. The van der Waals surface area contributed by atoms with Gasteiger partial charge in [0.25, 0.3) is 0 Å². The average Bonchev–Trinajstić information content (AvgIpc) is 2.09. The Labute approximate surface area is 79.9 Å². The summed E-state index contributed by atoms with van der Waals surface area (Å²) in [6.07, 6.45) is 1.84. The summed E-state index contributed by atoms with van der Waals surface area (Å²) in [5, 5.41) is 8.77. The summed E-state index contributed by atoms with van der Waals surface area (Å²) in [5.74, 6) is -1.06. The molecule has 13 heavy (non-hydrogen) atoms. The molecule has 0 bridgehead atoms. The number of aromatic carboxylic acids is 1. The van der Waals surface area contributed by atoms with Crippen molar-refractivity contribution in [3.05, 3.63) is 17.7 Å². The zero-order valence-electron chi connectivity index (χ0n) is 7.07. The molecule has 0 unspecified atom stereocenters. The summed E-state index contributed by atoms with van der Waals surface area (Å²) in [7, 11) is 0. The first kappa shape index (κ1) is 9.73. The van der Waals surface area contributed by atoms with Gasteiger partial charge in [0.1, 0.15) is 0 Å². The molecule has 5 heteroatoms. The molecule has 5 N–H and O–H groups in total. The molecule has 0 aromatic heterocycles. The zero-order valence-corrected chi connectivity index (χ0v) is 7.89. The van der Waals surface area contributed by atoms with Gasteiger partial charge in [-0.15, -0.1) is 11.8 Å². The van der Waals surface area contributed by atoms with Gasteiger partial charge in [0.05, 0.1) is 16.9 Å². The molecule has 0 radical (unpaired) electrons. The van der Waals surface area contributed by atoms with Gasteiger partial charge in [0.2, 0.25) is 0 Å². The number of rotatable bonds is 2. The molecule has 1 aromatic carbocycles. The maximum Gasteiger partial charge on any atom is 0.337 e. The minimum Gasteiger partial charge on any atom is -0.478 e. The van der Waals surface area contributed by atoms with E-state index in [0.29, 0.717) is 5.69 Å². The average molecular weight is 198 g/mol. The quantitative estimate of drug-likeness (QED) is 0.492. The van der Waals surface area contributed by atoms with Crippen molar-refractivity contribution in [1.29, 1.82) is 0 Å². The molecule has 0 heterocycles. The highest BCUT2D eigenvalue weighted by molar-refractivity contribution is 7.98. The zero-order chi connectivity index (χ0) is 10.0. The molecule has 70 valence electrons. The van der Waals surface area contributed by atoms with Crippen molar-refractivity contribution in [2.24, 2.45) is 0 Å². The van der Waals surface area contributed by atoms with Gasteiger partial charge in [0, 0.05) is 4.90 Å². The molecule has 0 spiro atoms. The fourth-order valence-corrected chi connectivity index (χ4v) is 1.42. The van der Waals surface area contributed by atoms with E-state index in [2.05, 4.69) is 0 Å². The van der Waals surface area contributed by atoms with Crippen LogP contribution in [-0.4, -0.2) is 17.3 Å². The lowest BCUT2D eigenvalue weighted by molar-refractivity contribution is 0.0698. The first-order valence-electron chi connectivity index (χ1n) is 3.52. The van der Waals surface area contributed by atoms with Gasteiger partial charge < -0.3 is 16.6 Å². The summed E-state index contributed by atoms with van der Waals surface area (Å²) in [6.45, 7) is 0.